The molecule has 28 heavy (non-hydrogen) atoms. The molecule has 6 nitrogen and oxygen atoms in total. The zero-order chi connectivity index (χ0) is 20.0. The number of rotatable bonds is 7. The maximum Gasteiger partial charge on any atom is 0.251 e. The molecule has 2 aromatic rings. The topological polar surface area (TPSA) is 75.7 Å². The second-order valence-electron chi connectivity index (χ2n) is 6.91. The van der Waals surface area contributed by atoms with Gasteiger partial charge in [-0.15, -0.1) is 0 Å². The van der Waals surface area contributed by atoms with Crippen molar-refractivity contribution in [3.8, 4) is 5.75 Å². The lowest BCUT2D eigenvalue weighted by molar-refractivity contribution is 0.0950. The predicted octanol–water partition coefficient (Wildman–Crippen LogP) is 2.94. The van der Waals surface area contributed by atoms with Gasteiger partial charge in [0, 0.05) is 30.8 Å². The maximum absolute atomic E-state index is 12.5. The molecule has 0 spiro atoms. The standard InChI is InChI=1S/C21H26N2O4S/c1-27-20-8-4-3-7-19(20)15-22-21(24)18-11-9-17(10-12-18)16-28(25,26)23-13-5-2-6-14-23/h3-4,7-12H,2,5-6,13-16H2,1H3,(H,22,24). The zero-order valence-electron chi connectivity index (χ0n) is 16.1. The molecule has 2 aromatic carbocycles. The van der Waals surface area contributed by atoms with Gasteiger partial charge in [0.05, 0.1) is 12.9 Å². The highest BCUT2D eigenvalue weighted by molar-refractivity contribution is 7.88. The van der Waals surface area contributed by atoms with E-state index in [1.54, 1.807) is 35.7 Å². The zero-order valence-corrected chi connectivity index (χ0v) is 16.9. The van der Waals surface area contributed by atoms with Crippen molar-refractivity contribution in [2.24, 2.45) is 0 Å². The molecule has 0 unspecified atom stereocenters. The number of carbonyl (C=O) groups excluding carboxylic acids is 1. The fourth-order valence-electron chi connectivity index (χ4n) is 3.32. The summed E-state index contributed by atoms with van der Waals surface area (Å²) < 4.78 is 31.9. The third kappa shape index (κ3) is 5.11. The van der Waals surface area contributed by atoms with Gasteiger partial charge in [0.25, 0.3) is 5.91 Å². The minimum Gasteiger partial charge on any atom is -0.496 e. The van der Waals surface area contributed by atoms with Crippen molar-refractivity contribution in [3.05, 3.63) is 65.2 Å². The Morgan fingerprint density at radius 1 is 1.04 bits per heavy atom. The number of carbonyl (C=O) groups is 1. The number of nitrogens with zero attached hydrogens (tertiary/aromatic N) is 1. The maximum atomic E-state index is 12.5. The Hall–Kier alpha value is -2.38. The predicted molar refractivity (Wildman–Crippen MR) is 109 cm³/mol. The first-order chi connectivity index (χ1) is 13.5. The number of methoxy groups -OCH3 is 1. The number of amides is 1. The SMILES string of the molecule is COc1ccccc1CNC(=O)c1ccc(CS(=O)(=O)N2CCCCC2)cc1. The van der Waals surface area contributed by atoms with Gasteiger partial charge in [0.2, 0.25) is 10.0 Å². The molecule has 0 saturated carbocycles. The highest BCUT2D eigenvalue weighted by atomic mass is 32.2. The lowest BCUT2D eigenvalue weighted by atomic mass is 10.1. The van der Waals surface area contributed by atoms with Crippen LogP contribution in [0.15, 0.2) is 48.5 Å². The van der Waals surface area contributed by atoms with E-state index in [1.165, 1.54) is 0 Å². The van der Waals surface area contributed by atoms with Crippen molar-refractivity contribution >= 4 is 15.9 Å². The fourth-order valence-corrected chi connectivity index (χ4v) is 4.93. The summed E-state index contributed by atoms with van der Waals surface area (Å²) in [6.45, 7) is 1.56. The van der Waals surface area contributed by atoms with Crippen LogP contribution in [0.3, 0.4) is 0 Å². The van der Waals surface area contributed by atoms with E-state index in [1.807, 2.05) is 24.3 Å². The number of hydrogen-bond donors (Lipinski definition) is 1. The highest BCUT2D eigenvalue weighted by Crippen LogP contribution is 2.18. The molecule has 150 valence electrons. The summed E-state index contributed by atoms with van der Waals surface area (Å²) in [6, 6.07) is 14.3. The number of sulfonamides is 1. The first-order valence-corrected chi connectivity index (χ1v) is 11.1. The molecule has 1 fully saturated rings. The van der Waals surface area contributed by atoms with E-state index in [-0.39, 0.29) is 11.7 Å². The summed E-state index contributed by atoms with van der Waals surface area (Å²) >= 11 is 0. The van der Waals surface area contributed by atoms with Gasteiger partial charge in [-0.1, -0.05) is 36.8 Å². The van der Waals surface area contributed by atoms with Gasteiger partial charge in [0.1, 0.15) is 5.75 Å². The van der Waals surface area contributed by atoms with Crippen LogP contribution < -0.4 is 10.1 Å². The van der Waals surface area contributed by atoms with Crippen molar-refractivity contribution in [1.82, 2.24) is 9.62 Å². The van der Waals surface area contributed by atoms with Gasteiger partial charge in [-0.05, 0) is 36.6 Å². The largest absolute Gasteiger partial charge is 0.496 e. The monoisotopic (exact) mass is 402 g/mol. The number of benzene rings is 2. The van der Waals surface area contributed by atoms with E-state index >= 15 is 0 Å². The Morgan fingerprint density at radius 2 is 1.71 bits per heavy atom. The first kappa shape index (κ1) is 20.4. The summed E-state index contributed by atoms with van der Waals surface area (Å²) in [5, 5.41) is 2.86. The van der Waals surface area contributed by atoms with Crippen LogP contribution in [-0.2, 0) is 22.3 Å². The Morgan fingerprint density at radius 3 is 2.39 bits per heavy atom. The Balaban J connectivity index is 1.59. The molecule has 0 bridgehead atoms. The van der Waals surface area contributed by atoms with Crippen molar-refractivity contribution < 1.29 is 17.9 Å². The van der Waals surface area contributed by atoms with E-state index in [9.17, 15) is 13.2 Å². The van der Waals surface area contributed by atoms with Gasteiger partial charge in [-0.3, -0.25) is 4.79 Å². The van der Waals surface area contributed by atoms with E-state index in [0.29, 0.717) is 30.8 Å². The molecule has 1 saturated heterocycles. The second kappa shape index (κ2) is 9.21. The summed E-state index contributed by atoms with van der Waals surface area (Å²) in [5.74, 6) is 0.480. The minimum absolute atomic E-state index is 0.0316. The minimum atomic E-state index is -3.30. The molecule has 1 aliphatic heterocycles. The van der Waals surface area contributed by atoms with Gasteiger partial charge in [-0.25, -0.2) is 12.7 Å². The molecular formula is C21H26N2O4S. The van der Waals surface area contributed by atoms with Crippen LogP contribution in [0.5, 0.6) is 5.75 Å². The van der Waals surface area contributed by atoms with Gasteiger partial charge in [0.15, 0.2) is 0 Å². The number of ether oxygens (including phenoxy) is 1. The molecule has 1 amide bonds. The van der Waals surface area contributed by atoms with Crippen LogP contribution in [-0.4, -0.2) is 38.8 Å². The van der Waals surface area contributed by atoms with Crippen molar-refractivity contribution in [2.45, 2.75) is 31.6 Å². The van der Waals surface area contributed by atoms with Crippen LogP contribution in [0.1, 0.15) is 40.7 Å². The molecule has 0 radical (unpaired) electrons. The molecule has 1 N–H and O–H groups in total. The smallest absolute Gasteiger partial charge is 0.251 e. The molecule has 1 heterocycles. The van der Waals surface area contributed by atoms with Crippen molar-refractivity contribution in [1.29, 1.82) is 0 Å². The van der Waals surface area contributed by atoms with Crippen molar-refractivity contribution in [3.63, 3.8) is 0 Å². The summed E-state index contributed by atoms with van der Waals surface area (Å²) in [4.78, 5) is 12.4. The van der Waals surface area contributed by atoms with E-state index in [4.69, 9.17) is 4.74 Å². The molecule has 0 aromatic heterocycles. The summed E-state index contributed by atoms with van der Waals surface area (Å²) in [5.41, 5.74) is 2.07. The van der Waals surface area contributed by atoms with Crippen LogP contribution >= 0.6 is 0 Å². The number of nitrogens with one attached hydrogen (secondary N) is 1. The van der Waals surface area contributed by atoms with Crippen molar-refractivity contribution in [2.75, 3.05) is 20.2 Å². The molecule has 1 aliphatic rings. The Labute approximate surface area is 166 Å². The molecular weight excluding hydrogens is 376 g/mol. The quantitative estimate of drug-likeness (QED) is 0.773. The fraction of sp³-hybridized carbons (Fsp3) is 0.381. The molecule has 7 heteroatoms. The Kier molecular flexibility index (Phi) is 6.70. The third-order valence-electron chi connectivity index (χ3n) is 4.91. The number of para-hydroxylation sites is 1. The second-order valence-corrected chi connectivity index (χ2v) is 8.88. The number of hydrogen-bond acceptors (Lipinski definition) is 4. The lowest BCUT2D eigenvalue weighted by Gasteiger charge is -2.25. The van der Waals surface area contributed by atoms with Crippen LogP contribution in [0.4, 0.5) is 0 Å². The van der Waals surface area contributed by atoms with E-state index < -0.39 is 10.0 Å². The van der Waals surface area contributed by atoms with Crippen LogP contribution in [0, 0.1) is 0 Å². The van der Waals surface area contributed by atoms with Gasteiger partial charge in [-0.2, -0.15) is 0 Å². The average Bonchev–Trinajstić information content (AvgIpc) is 2.73. The summed E-state index contributed by atoms with van der Waals surface area (Å²) in [6.07, 6.45) is 2.93. The molecule has 0 aliphatic carbocycles. The van der Waals surface area contributed by atoms with Crippen LogP contribution in [0.2, 0.25) is 0 Å². The average molecular weight is 403 g/mol. The molecule has 0 atom stereocenters. The highest BCUT2D eigenvalue weighted by Gasteiger charge is 2.24. The van der Waals surface area contributed by atoms with Gasteiger partial charge >= 0.3 is 0 Å². The third-order valence-corrected chi connectivity index (χ3v) is 6.76. The van der Waals surface area contributed by atoms with Crippen LogP contribution in [0.25, 0.3) is 0 Å². The number of piperidine rings is 1. The summed E-state index contributed by atoms with van der Waals surface area (Å²) in [7, 11) is -1.71. The van der Waals surface area contributed by atoms with Gasteiger partial charge < -0.3 is 10.1 Å². The van der Waals surface area contributed by atoms with E-state index in [2.05, 4.69) is 5.32 Å². The Bertz CT molecular complexity index is 904. The lowest BCUT2D eigenvalue weighted by Crippen LogP contribution is -2.36. The normalized spacial score (nSPS) is 15.2. The van der Waals surface area contributed by atoms with E-state index in [0.717, 1.165) is 30.6 Å². The first-order valence-electron chi connectivity index (χ1n) is 9.46. The molecule has 3 rings (SSSR count).